The molecule has 1 fully saturated rings. The van der Waals surface area contributed by atoms with Crippen LogP contribution < -0.4 is 11.1 Å². The van der Waals surface area contributed by atoms with Gasteiger partial charge in [-0.15, -0.1) is 11.8 Å². The normalized spacial score (nSPS) is 18.9. The van der Waals surface area contributed by atoms with Gasteiger partial charge >= 0.3 is 0 Å². The van der Waals surface area contributed by atoms with E-state index in [1.54, 1.807) is 11.8 Å². The maximum atomic E-state index is 12.9. The van der Waals surface area contributed by atoms with E-state index >= 15 is 0 Å². The number of rotatable bonds is 7. The summed E-state index contributed by atoms with van der Waals surface area (Å²) in [6.07, 6.45) is 2.49. The number of piperidine rings is 1. The maximum Gasteiger partial charge on any atom is 0.236 e. The summed E-state index contributed by atoms with van der Waals surface area (Å²) in [7, 11) is 0. The zero-order chi connectivity index (χ0) is 17.4. The van der Waals surface area contributed by atoms with E-state index in [2.05, 4.69) is 5.32 Å². The van der Waals surface area contributed by atoms with Gasteiger partial charge in [0.1, 0.15) is 0 Å². The number of hydrogen-bond acceptors (Lipinski definition) is 4. The molecule has 0 aromatic heterocycles. The van der Waals surface area contributed by atoms with Gasteiger partial charge in [0.25, 0.3) is 0 Å². The van der Waals surface area contributed by atoms with E-state index in [-0.39, 0.29) is 23.0 Å². The Labute approximate surface area is 148 Å². The molecule has 0 spiro atoms. The third kappa shape index (κ3) is 5.24. The van der Waals surface area contributed by atoms with Crippen molar-refractivity contribution in [2.75, 3.05) is 26.2 Å². The summed E-state index contributed by atoms with van der Waals surface area (Å²) in [4.78, 5) is 28.0. The van der Waals surface area contributed by atoms with Crippen LogP contribution in [0.5, 0.6) is 0 Å². The van der Waals surface area contributed by atoms with Gasteiger partial charge in [0.2, 0.25) is 11.8 Å². The Kier molecular flexibility index (Phi) is 7.59. The maximum absolute atomic E-state index is 12.9. The van der Waals surface area contributed by atoms with E-state index in [0.717, 1.165) is 30.7 Å². The van der Waals surface area contributed by atoms with Crippen molar-refractivity contribution in [2.45, 2.75) is 36.3 Å². The second-order valence-corrected chi connectivity index (χ2v) is 7.31. The first-order valence-electron chi connectivity index (χ1n) is 8.64. The third-order valence-electron chi connectivity index (χ3n) is 4.22. The van der Waals surface area contributed by atoms with Crippen molar-refractivity contribution in [3.05, 3.63) is 30.3 Å². The van der Waals surface area contributed by atoms with Gasteiger partial charge in [-0.25, -0.2) is 0 Å². The lowest BCUT2D eigenvalue weighted by Gasteiger charge is -2.34. The second kappa shape index (κ2) is 9.69. The number of nitrogens with zero attached hydrogens (tertiary/aromatic N) is 1. The molecule has 0 radical (unpaired) electrons. The molecule has 3 N–H and O–H groups in total. The molecule has 1 aromatic carbocycles. The molecule has 0 aliphatic carbocycles. The monoisotopic (exact) mass is 349 g/mol. The molecule has 2 amide bonds. The van der Waals surface area contributed by atoms with Crippen molar-refractivity contribution >= 4 is 23.6 Å². The fraction of sp³-hybridized carbons (Fsp3) is 0.556. The van der Waals surface area contributed by atoms with E-state index in [4.69, 9.17) is 5.73 Å². The van der Waals surface area contributed by atoms with Crippen LogP contribution in [0.3, 0.4) is 0 Å². The molecule has 6 heteroatoms. The van der Waals surface area contributed by atoms with Crippen LogP contribution in [0.25, 0.3) is 0 Å². The second-order valence-electron chi connectivity index (χ2n) is 6.03. The highest BCUT2D eigenvalue weighted by atomic mass is 32.2. The largest absolute Gasteiger partial charge is 0.355 e. The van der Waals surface area contributed by atoms with Crippen molar-refractivity contribution in [1.82, 2.24) is 10.2 Å². The van der Waals surface area contributed by atoms with Gasteiger partial charge in [0.15, 0.2) is 0 Å². The average Bonchev–Trinajstić information content (AvgIpc) is 2.64. The Balaban J connectivity index is 1.95. The van der Waals surface area contributed by atoms with Gasteiger partial charge in [-0.2, -0.15) is 0 Å². The number of thioether (sulfide) groups is 1. The molecule has 2 atom stereocenters. The molecule has 1 aliphatic rings. The molecular formula is C18H27N3O2S. The number of amides is 2. The van der Waals surface area contributed by atoms with Crippen LogP contribution in [0.1, 0.15) is 26.2 Å². The number of nitrogens with two attached hydrogens (primary N) is 1. The number of carbonyl (C=O) groups is 2. The van der Waals surface area contributed by atoms with Gasteiger partial charge in [0.05, 0.1) is 11.2 Å². The Hall–Kier alpha value is -1.53. The molecule has 1 aliphatic heterocycles. The highest BCUT2D eigenvalue weighted by Crippen LogP contribution is 2.28. The van der Waals surface area contributed by atoms with Crippen molar-refractivity contribution in [3.63, 3.8) is 0 Å². The summed E-state index contributed by atoms with van der Waals surface area (Å²) in [6.45, 7) is 4.22. The SMILES string of the molecule is CCC(Sc1ccccc1)C(=O)N1CCCC(C(=O)NCCN)C1. The lowest BCUT2D eigenvalue weighted by molar-refractivity contribution is -0.135. The zero-order valence-electron chi connectivity index (χ0n) is 14.2. The lowest BCUT2D eigenvalue weighted by atomic mass is 9.96. The first-order valence-corrected chi connectivity index (χ1v) is 9.52. The van der Waals surface area contributed by atoms with Crippen molar-refractivity contribution in [1.29, 1.82) is 0 Å². The molecule has 2 rings (SSSR count). The van der Waals surface area contributed by atoms with Crippen LogP contribution in [0.2, 0.25) is 0 Å². The van der Waals surface area contributed by atoms with Crippen molar-refractivity contribution < 1.29 is 9.59 Å². The number of likely N-dealkylation sites (tertiary alicyclic amines) is 1. The molecule has 132 valence electrons. The number of benzene rings is 1. The van der Waals surface area contributed by atoms with E-state index in [9.17, 15) is 9.59 Å². The lowest BCUT2D eigenvalue weighted by Crippen LogP contribution is -2.48. The van der Waals surface area contributed by atoms with Gasteiger partial charge in [-0.1, -0.05) is 25.1 Å². The first kappa shape index (κ1) is 18.8. The van der Waals surface area contributed by atoms with Gasteiger partial charge in [-0.05, 0) is 31.4 Å². The average molecular weight is 350 g/mol. The van der Waals surface area contributed by atoms with Crippen LogP contribution in [0, 0.1) is 5.92 Å². The standard InChI is InChI=1S/C18H27N3O2S/c1-2-16(24-15-8-4-3-5-9-15)18(23)21-12-6-7-14(13-21)17(22)20-11-10-19/h3-5,8-9,14,16H,2,6-7,10-13,19H2,1H3,(H,20,22). The highest BCUT2D eigenvalue weighted by Gasteiger charge is 2.31. The fourth-order valence-electron chi connectivity index (χ4n) is 2.91. The van der Waals surface area contributed by atoms with Crippen molar-refractivity contribution in [2.24, 2.45) is 11.7 Å². The van der Waals surface area contributed by atoms with Crippen LogP contribution >= 0.6 is 11.8 Å². The molecule has 24 heavy (non-hydrogen) atoms. The van der Waals surface area contributed by atoms with Crippen LogP contribution in [0.15, 0.2) is 35.2 Å². The fourth-order valence-corrected chi connectivity index (χ4v) is 3.97. The predicted molar refractivity (Wildman–Crippen MR) is 97.7 cm³/mol. The van der Waals surface area contributed by atoms with Crippen LogP contribution in [-0.4, -0.2) is 48.1 Å². The number of nitrogens with one attached hydrogen (secondary N) is 1. The summed E-state index contributed by atoms with van der Waals surface area (Å²) in [5.41, 5.74) is 5.43. The predicted octanol–water partition coefficient (Wildman–Crippen LogP) is 1.87. The molecule has 0 bridgehead atoms. The summed E-state index contributed by atoms with van der Waals surface area (Å²) >= 11 is 1.61. The highest BCUT2D eigenvalue weighted by molar-refractivity contribution is 8.00. The van der Waals surface area contributed by atoms with Crippen molar-refractivity contribution in [3.8, 4) is 0 Å². The Morgan fingerprint density at radius 2 is 2.12 bits per heavy atom. The smallest absolute Gasteiger partial charge is 0.236 e. The molecule has 0 saturated carbocycles. The summed E-state index contributed by atoms with van der Waals surface area (Å²) in [5.74, 6) is 0.0397. The topological polar surface area (TPSA) is 75.4 Å². The minimum Gasteiger partial charge on any atom is -0.355 e. The van der Waals surface area contributed by atoms with E-state index in [1.807, 2.05) is 42.2 Å². The van der Waals surface area contributed by atoms with Crippen LogP contribution in [0.4, 0.5) is 0 Å². The number of hydrogen-bond donors (Lipinski definition) is 2. The molecule has 5 nitrogen and oxygen atoms in total. The Morgan fingerprint density at radius 3 is 2.79 bits per heavy atom. The minimum absolute atomic E-state index is 0.0155. The zero-order valence-corrected chi connectivity index (χ0v) is 15.1. The van der Waals surface area contributed by atoms with Gasteiger partial charge < -0.3 is 16.0 Å². The number of carbonyl (C=O) groups excluding carboxylic acids is 2. The van der Waals surface area contributed by atoms with Crippen LogP contribution in [-0.2, 0) is 9.59 Å². The van der Waals surface area contributed by atoms with E-state index in [1.165, 1.54) is 0 Å². The van der Waals surface area contributed by atoms with Gasteiger partial charge in [-0.3, -0.25) is 9.59 Å². The first-order chi connectivity index (χ1) is 11.7. The Bertz CT molecular complexity index is 538. The summed E-state index contributed by atoms with van der Waals surface area (Å²) < 4.78 is 0. The summed E-state index contributed by atoms with van der Waals surface area (Å²) in [5, 5.41) is 2.74. The molecule has 1 saturated heterocycles. The third-order valence-corrected chi connectivity index (χ3v) is 5.58. The molecule has 1 aromatic rings. The van der Waals surface area contributed by atoms with E-state index in [0.29, 0.717) is 19.6 Å². The molecule has 1 heterocycles. The molecule has 2 unspecified atom stereocenters. The summed E-state index contributed by atoms with van der Waals surface area (Å²) in [6, 6.07) is 10.00. The Morgan fingerprint density at radius 1 is 1.38 bits per heavy atom. The minimum atomic E-state index is -0.117. The quantitative estimate of drug-likeness (QED) is 0.737. The molecular weight excluding hydrogens is 322 g/mol. The van der Waals surface area contributed by atoms with Gasteiger partial charge in [0, 0.05) is 31.1 Å². The van der Waals surface area contributed by atoms with E-state index < -0.39 is 0 Å².